The molecule has 0 aliphatic heterocycles. The minimum atomic E-state index is -1.46. The number of guanidine groups is 2. The fourth-order valence-electron chi connectivity index (χ4n) is 1.10. The minimum absolute atomic E-state index is 0.167. The molecule has 0 aromatic heterocycles. The molecule has 17 heavy (non-hydrogen) atoms. The summed E-state index contributed by atoms with van der Waals surface area (Å²) in [5, 5.41) is 8.81. The lowest BCUT2D eigenvalue weighted by atomic mass is 10.1. The lowest BCUT2D eigenvalue weighted by Crippen LogP contribution is -2.26. The van der Waals surface area contributed by atoms with Gasteiger partial charge in [0.05, 0.1) is 5.69 Å². The molecule has 1 aromatic rings. The zero-order chi connectivity index (χ0) is 13.0. The number of carboxylic acids is 1. The molecule has 7 N–H and O–H groups in total. The van der Waals surface area contributed by atoms with Gasteiger partial charge in [0.25, 0.3) is 0 Å². The van der Waals surface area contributed by atoms with Crippen LogP contribution in [-0.2, 0) is 0 Å². The highest BCUT2D eigenvalue weighted by Crippen LogP contribution is 2.21. The Labute approximate surface area is 95.5 Å². The van der Waals surface area contributed by atoms with E-state index in [1.807, 2.05) is 0 Å². The maximum absolute atomic E-state index is 13.2. The largest absolute Gasteiger partial charge is 0.478 e. The highest BCUT2D eigenvalue weighted by Gasteiger charge is 2.15. The monoisotopic (exact) mass is 239 g/mol. The van der Waals surface area contributed by atoms with Gasteiger partial charge in [-0.05, 0) is 12.1 Å². The Morgan fingerprint density at radius 2 is 1.94 bits per heavy atom. The molecular formula is C9H10FN5O2. The van der Waals surface area contributed by atoms with E-state index in [1.54, 1.807) is 0 Å². The topological polar surface area (TPSA) is 140 Å². The fourth-order valence-corrected chi connectivity index (χ4v) is 1.10. The van der Waals surface area contributed by atoms with Crippen LogP contribution < -0.4 is 17.2 Å². The highest BCUT2D eigenvalue weighted by atomic mass is 19.1. The van der Waals surface area contributed by atoms with Crippen molar-refractivity contribution >= 4 is 23.6 Å². The van der Waals surface area contributed by atoms with E-state index < -0.39 is 17.3 Å². The van der Waals surface area contributed by atoms with Crippen LogP contribution in [0.15, 0.2) is 28.2 Å². The van der Waals surface area contributed by atoms with Gasteiger partial charge < -0.3 is 22.3 Å². The first-order chi connectivity index (χ1) is 7.91. The summed E-state index contributed by atoms with van der Waals surface area (Å²) in [6, 6.07) is 3.57. The van der Waals surface area contributed by atoms with Crippen LogP contribution >= 0.6 is 0 Å². The molecule has 0 radical (unpaired) electrons. The SMILES string of the molecule is NC(N)=NC(N)=Nc1cccc(F)c1C(=O)O. The van der Waals surface area contributed by atoms with Crippen molar-refractivity contribution in [2.75, 3.05) is 0 Å². The predicted molar refractivity (Wildman–Crippen MR) is 60.5 cm³/mol. The number of carbonyl (C=O) groups is 1. The third kappa shape index (κ3) is 3.16. The predicted octanol–water partition coefficient (Wildman–Crippen LogP) is -0.256. The smallest absolute Gasteiger partial charge is 0.340 e. The third-order valence-corrected chi connectivity index (χ3v) is 1.68. The van der Waals surface area contributed by atoms with Crippen molar-refractivity contribution in [1.82, 2.24) is 0 Å². The van der Waals surface area contributed by atoms with Crippen molar-refractivity contribution in [3.63, 3.8) is 0 Å². The summed E-state index contributed by atoms with van der Waals surface area (Å²) in [4.78, 5) is 17.8. The lowest BCUT2D eigenvalue weighted by Gasteiger charge is -2.02. The molecule has 0 amide bonds. The molecule has 0 bridgehead atoms. The summed E-state index contributed by atoms with van der Waals surface area (Å²) in [5.41, 5.74) is 14.7. The van der Waals surface area contributed by atoms with Crippen LogP contribution in [-0.4, -0.2) is 23.0 Å². The molecule has 0 aliphatic carbocycles. The van der Waals surface area contributed by atoms with Gasteiger partial charge in [0.15, 0.2) is 5.96 Å². The highest BCUT2D eigenvalue weighted by molar-refractivity contribution is 5.97. The summed E-state index contributed by atoms with van der Waals surface area (Å²) < 4.78 is 13.2. The Kier molecular flexibility index (Phi) is 3.60. The first-order valence-electron chi connectivity index (χ1n) is 4.37. The number of halogens is 1. The average molecular weight is 239 g/mol. The number of hydrogen-bond acceptors (Lipinski definition) is 2. The normalized spacial score (nSPS) is 11.0. The van der Waals surface area contributed by atoms with Crippen LogP contribution in [0.1, 0.15) is 10.4 Å². The van der Waals surface area contributed by atoms with Crippen LogP contribution in [0.25, 0.3) is 0 Å². The van der Waals surface area contributed by atoms with E-state index in [-0.39, 0.29) is 17.6 Å². The van der Waals surface area contributed by atoms with Crippen molar-refractivity contribution in [3.05, 3.63) is 29.6 Å². The van der Waals surface area contributed by atoms with Crippen LogP contribution in [0.5, 0.6) is 0 Å². The molecule has 8 heteroatoms. The first kappa shape index (κ1) is 12.4. The fraction of sp³-hybridized carbons (Fsp3) is 0. The number of rotatable bonds is 2. The maximum Gasteiger partial charge on any atom is 0.340 e. The molecule has 0 aliphatic rings. The van der Waals surface area contributed by atoms with Crippen LogP contribution in [0.2, 0.25) is 0 Å². The van der Waals surface area contributed by atoms with Gasteiger partial charge in [-0.1, -0.05) is 6.07 Å². The van der Waals surface area contributed by atoms with Crippen molar-refractivity contribution in [1.29, 1.82) is 0 Å². The quantitative estimate of drug-likeness (QED) is 0.416. The van der Waals surface area contributed by atoms with E-state index >= 15 is 0 Å². The molecule has 90 valence electrons. The number of aromatic carboxylic acids is 1. The van der Waals surface area contributed by atoms with Crippen LogP contribution in [0, 0.1) is 5.82 Å². The molecule has 0 atom stereocenters. The van der Waals surface area contributed by atoms with E-state index in [4.69, 9.17) is 22.3 Å². The second-order valence-corrected chi connectivity index (χ2v) is 2.95. The van der Waals surface area contributed by atoms with Gasteiger partial charge in [-0.15, -0.1) is 0 Å². The standard InChI is InChI=1S/C9H10FN5O2/c10-4-2-1-3-5(6(4)7(16)17)14-9(13)15-8(11)12/h1-3H,(H,16,17)(H6,11,12,13,14,15). The van der Waals surface area contributed by atoms with Gasteiger partial charge in [-0.3, -0.25) is 0 Å². The number of aliphatic imine (C=N–C) groups is 2. The maximum atomic E-state index is 13.2. The van der Waals surface area contributed by atoms with Gasteiger partial charge in [0, 0.05) is 0 Å². The molecule has 0 spiro atoms. The molecule has 0 saturated carbocycles. The Morgan fingerprint density at radius 1 is 1.29 bits per heavy atom. The van der Waals surface area contributed by atoms with E-state index in [0.717, 1.165) is 6.07 Å². The Hall–Kier alpha value is -2.64. The molecular weight excluding hydrogens is 229 g/mol. The molecule has 7 nitrogen and oxygen atoms in total. The summed E-state index contributed by atoms with van der Waals surface area (Å²) in [6.07, 6.45) is 0. The van der Waals surface area contributed by atoms with Gasteiger partial charge >= 0.3 is 5.97 Å². The molecule has 0 heterocycles. The van der Waals surface area contributed by atoms with Crippen molar-refractivity contribution < 1.29 is 14.3 Å². The molecule has 1 rings (SSSR count). The van der Waals surface area contributed by atoms with E-state index in [0.29, 0.717) is 0 Å². The van der Waals surface area contributed by atoms with Gasteiger partial charge in [0.2, 0.25) is 5.96 Å². The summed E-state index contributed by atoms with van der Waals surface area (Å²) >= 11 is 0. The summed E-state index contributed by atoms with van der Waals surface area (Å²) in [7, 11) is 0. The molecule has 0 saturated heterocycles. The third-order valence-electron chi connectivity index (χ3n) is 1.68. The molecule has 0 fully saturated rings. The van der Waals surface area contributed by atoms with E-state index in [1.165, 1.54) is 12.1 Å². The molecule has 1 aromatic carbocycles. The van der Waals surface area contributed by atoms with Gasteiger partial charge in [0.1, 0.15) is 11.4 Å². The van der Waals surface area contributed by atoms with Crippen molar-refractivity contribution in [2.24, 2.45) is 27.2 Å². The van der Waals surface area contributed by atoms with Crippen LogP contribution in [0.3, 0.4) is 0 Å². The van der Waals surface area contributed by atoms with Crippen molar-refractivity contribution in [2.45, 2.75) is 0 Å². The minimum Gasteiger partial charge on any atom is -0.478 e. The second-order valence-electron chi connectivity index (χ2n) is 2.95. The van der Waals surface area contributed by atoms with E-state index in [9.17, 15) is 9.18 Å². The summed E-state index contributed by atoms with van der Waals surface area (Å²) in [5.74, 6) is -3.08. The van der Waals surface area contributed by atoms with Crippen molar-refractivity contribution in [3.8, 4) is 0 Å². The Morgan fingerprint density at radius 3 is 2.47 bits per heavy atom. The average Bonchev–Trinajstić information content (AvgIpc) is 2.15. The number of carboxylic acid groups (broad SMARTS) is 1. The Balaban J connectivity index is 3.28. The number of nitrogens with two attached hydrogens (primary N) is 3. The van der Waals surface area contributed by atoms with Gasteiger partial charge in [-0.2, -0.15) is 4.99 Å². The Bertz CT molecular complexity index is 508. The molecule has 0 unspecified atom stereocenters. The second kappa shape index (κ2) is 4.92. The zero-order valence-corrected chi connectivity index (χ0v) is 8.59. The lowest BCUT2D eigenvalue weighted by molar-refractivity contribution is 0.0693. The summed E-state index contributed by atoms with van der Waals surface area (Å²) in [6.45, 7) is 0. The number of benzene rings is 1. The number of nitrogens with zero attached hydrogens (tertiary/aromatic N) is 2. The first-order valence-corrected chi connectivity index (χ1v) is 4.37. The number of hydrogen-bond donors (Lipinski definition) is 4. The van der Waals surface area contributed by atoms with E-state index in [2.05, 4.69) is 9.98 Å². The van der Waals surface area contributed by atoms with Gasteiger partial charge in [-0.25, -0.2) is 14.2 Å². The van der Waals surface area contributed by atoms with Crippen LogP contribution in [0.4, 0.5) is 10.1 Å². The zero-order valence-electron chi connectivity index (χ0n) is 8.59.